The number of nitrogens with two attached hydrogens (primary N) is 1. The molecule has 4 aromatic rings. The molecular weight excluding hydrogens is 510 g/mol. The molecule has 10 nitrogen and oxygen atoms in total. The largest absolute Gasteiger partial charge is 0.457 e. The first kappa shape index (κ1) is 24.0. The van der Waals surface area contributed by atoms with Gasteiger partial charge in [-0.3, -0.25) is 4.31 Å². The van der Waals surface area contributed by atoms with Gasteiger partial charge in [-0.25, -0.2) is 9.59 Å². The van der Waals surface area contributed by atoms with Gasteiger partial charge in [0, 0.05) is 30.1 Å². The Bertz CT molecular complexity index is 1660. The predicted molar refractivity (Wildman–Crippen MR) is 139 cm³/mol. The lowest BCUT2D eigenvalue weighted by Crippen LogP contribution is -2.30. The lowest BCUT2D eigenvalue weighted by Gasteiger charge is -2.19. The van der Waals surface area contributed by atoms with E-state index in [0.29, 0.717) is 34.7 Å². The zero-order valence-electron chi connectivity index (χ0n) is 20.0. The van der Waals surface area contributed by atoms with Gasteiger partial charge in [-0.2, -0.15) is 13.1 Å². The molecule has 0 spiro atoms. The van der Waals surface area contributed by atoms with E-state index in [4.69, 9.17) is 19.6 Å². The average molecular weight is 534 g/mol. The number of nitrogens with zero attached hydrogens (tertiary/aromatic N) is 1. The Hall–Kier alpha value is -4.35. The summed E-state index contributed by atoms with van der Waals surface area (Å²) >= 11 is 0. The number of anilines is 1. The number of hydrogen-bond acceptors (Lipinski definition) is 7. The van der Waals surface area contributed by atoms with Crippen molar-refractivity contribution in [1.82, 2.24) is 4.72 Å². The Morgan fingerprint density at radius 2 is 1.71 bits per heavy atom. The van der Waals surface area contributed by atoms with Crippen LogP contribution in [-0.4, -0.2) is 33.6 Å². The Morgan fingerprint density at radius 3 is 2.34 bits per heavy atom. The van der Waals surface area contributed by atoms with Crippen molar-refractivity contribution in [1.29, 1.82) is 0 Å². The van der Waals surface area contributed by atoms with Crippen LogP contribution in [0.3, 0.4) is 0 Å². The number of rotatable bonds is 6. The molecule has 0 radical (unpaired) electrons. The van der Waals surface area contributed by atoms with Crippen LogP contribution in [0.15, 0.2) is 71.1 Å². The van der Waals surface area contributed by atoms with Gasteiger partial charge in [0.05, 0.1) is 5.69 Å². The van der Waals surface area contributed by atoms with Crippen molar-refractivity contribution in [2.24, 2.45) is 5.73 Å². The van der Waals surface area contributed by atoms with Crippen LogP contribution in [0, 0.1) is 0 Å². The maximum Gasteiger partial charge on any atom is 0.412 e. The molecule has 2 aliphatic rings. The highest BCUT2D eigenvalue weighted by molar-refractivity contribution is 7.91. The summed E-state index contributed by atoms with van der Waals surface area (Å²) in [7, 11) is -3.68. The van der Waals surface area contributed by atoms with E-state index in [2.05, 4.69) is 4.72 Å². The van der Waals surface area contributed by atoms with E-state index >= 15 is 0 Å². The number of fused-ring (bicyclic) bond motifs is 1. The summed E-state index contributed by atoms with van der Waals surface area (Å²) in [5.41, 5.74) is 7.28. The van der Waals surface area contributed by atoms with Gasteiger partial charge in [0.1, 0.15) is 28.4 Å². The zero-order chi connectivity index (χ0) is 26.4. The number of carbonyl (C=O) groups is 2. The normalized spacial score (nSPS) is 16.5. The molecule has 1 saturated heterocycles. The minimum absolute atomic E-state index is 0.0337. The molecule has 3 N–H and O–H groups in total. The van der Waals surface area contributed by atoms with E-state index in [-0.39, 0.29) is 29.4 Å². The first-order valence-corrected chi connectivity index (χ1v) is 13.5. The van der Waals surface area contributed by atoms with E-state index in [9.17, 15) is 18.0 Å². The summed E-state index contributed by atoms with van der Waals surface area (Å²) in [5, 5.41) is 0.408. The molecular formula is C27H23N3O7S. The molecule has 1 amide bonds. The van der Waals surface area contributed by atoms with Gasteiger partial charge in [0.25, 0.3) is 0 Å². The third-order valence-electron chi connectivity index (χ3n) is 6.51. The lowest BCUT2D eigenvalue weighted by atomic mass is 10.0. The van der Waals surface area contributed by atoms with Crippen LogP contribution in [0.4, 0.5) is 10.5 Å². The highest BCUT2D eigenvalue weighted by Gasteiger charge is 2.36. The predicted octanol–water partition coefficient (Wildman–Crippen LogP) is 4.66. The SMILES string of the molecule is NC(=O)OC(=O)c1c(-c2ccc(Oc3ccccc3)cc2)oc2cc(N3CCNS3(=O)=O)c(C3CC3)cc12. The van der Waals surface area contributed by atoms with E-state index in [1.165, 1.54) is 4.31 Å². The van der Waals surface area contributed by atoms with Crippen LogP contribution < -0.4 is 19.5 Å². The van der Waals surface area contributed by atoms with Crippen LogP contribution in [0.5, 0.6) is 11.5 Å². The van der Waals surface area contributed by atoms with Gasteiger partial charge in [-0.15, -0.1) is 0 Å². The Labute approximate surface area is 218 Å². The fraction of sp³-hybridized carbons (Fsp3) is 0.185. The first-order chi connectivity index (χ1) is 18.3. The number of benzene rings is 3. The summed E-state index contributed by atoms with van der Waals surface area (Å²) < 4.78 is 45.8. The molecule has 1 saturated carbocycles. The molecule has 1 aliphatic carbocycles. The summed E-state index contributed by atoms with van der Waals surface area (Å²) in [4.78, 5) is 24.5. The quantitative estimate of drug-likeness (QED) is 0.271. The average Bonchev–Trinajstić information content (AvgIpc) is 3.57. The van der Waals surface area contributed by atoms with Crippen LogP contribution in [0.2, 0.25) is 0 Å². The summed E-state index contributed by atoms with van der Waals surface area (Å²) in [6, 6.07) is 19.5. The van der Waals surface area contributed by atoms with Crippen molar-refractivity contribution in [3.05, 3.63) is 77.9 Å². The van der Waals surface area contributed by atoms with Gasteiger partial charge in [0.15, 0.2) is 0 Å². The third-order valence-corrected chi connectivity index (χ3v) is 8.03. The van der Waals surface area contributed by atoms with Crippen molar-refractivity contribution >= 4 is 38.9 Å². The maximum atomic E-state index is 13.0. The molecule has 1 aliphatic heterocycles. The molecule has 2 heterocycles. The lowest BCUT2D eigenvalue weighted by molar-refractivity contribution is 0.0640. The number of amides is 1. The van der Waals surface area contributed by atoms with Crippen molar-refractivity contribution < 1.29 is 31.9 Å². The zero-order valence-corrected chi connectivity index (χ0v) is 20.9. The maximum absolute atomic E-state index is 13.0. The van der Waals surface area contributed by atoms with Gasteiger partial charge in [0.2, 0.25) is 0 Å². The van der Waals surface area contributed by atoms with Crippen molar-refractivity contribution in [3.63, 3.8) is 0 Å². The van der Waals surface area contributed by atoms with E-state index in [1.54, 1.807) is 36.4 Å². The second-order valence-corrected chi connectivity index (χ2v) is 10.8. The standard InChI is InChI=1S/C27H23N3O7S/c28-27(32)37-26(31)24-21-14-20(16-6-7-16)22(30-13-12-29-38(30,33)34)15-23(21)36-25(24)17-8-10-19(11-9-17)35-18-4-2-1-3-5-18/h1-5,8-11,14-16,29H,6-7,12-13H2,(H2,28,32). The monoisotopic (exact) mass is 533 g/mol. The second-order valence-electron chi connectivity index (χ2n) is 9.11. The molecule has 0 atom stereocenters. The van der Waals surface area contributed by atoms with Gasteiger partial charge in [-0.1, -0.05) is 18.2 Å². The van der Waals surface area contributed by atoms with Crippen molar-refractivity contribution in [2.75, 3.05) is 17.4 Å². The van der Waals surface area contributed by atoms with Crippen molar-refractivity contribution in [3.8, 4) is 22.8 Å². The summed E-state index contributed by atoms with van der Waals surface area (Å²) in [6.45, 7) is 0.571. The summed E-state index contributed by atoms with van der Waals surface area (Å²) in [6.07, 6.45) is 0.554. The number of primary amides is 1. The second kappa shape index (κ2) is 9.19. The Morgan fingerprint density at radius 1 is 1.00 bits per heavy atom. The van der Waals surface area contributed by atoms with Crippen LogP contribution in [0.1, 0.15) is 34.7 Å². The third kappa shape index (κ3) is 4.46. The van der Waals surface area contributed by atoms with Gasteiger partial charge in [-0.05, 0) is 66.8 Å². The highest BCUT2D eigenvalue weighted by Crippen LogP contribution is 2.48. The molecule has 3 aromatic carbocycles. The van der Waals surface area contributed by atoms with Gasteiger partial charge < -0.3 is 19.6 Å². The van der Waals surface area contributed by atoms with Crippen LogP contribution >= 0.6 is 0 Å². The number of furan rings is 1. The number of carbonyl (C=O) groups excluding carboxylic acids is 2. The molecule has 194 valence electrons. The minimum Gasteiger partial charge on any atom is -0.457 e. The number of hydrogen-bond donors (Lipinski definition) is 2. The molecule has 11 heteroatoms. The van der Waals surface area contributed by atoms with Crippen LogP contribution in [-0.2, 0) is 14.9 Å². The molecule has 1 aromatic heterocycles. The minimum atomic E-state index is -3.68. The number of esters is 1. The number of para-hydroxylation sites is 1. The molecule has 38 heavy (non-hydrogen) atoms. The Kier molecular flexibility index (Phi) is 5.81. The first-order valence-electron chi connectivity index (χ1n) is 12.0. The van der Waals surface area contributed by atoms with E-state index < -0.39 is 22.3 Å². The molecule has 2 fully saturated rings. The van der Waals surface area contributed by atoms with E-state index in [0.717, 1.165) is 18.4 Å². The number of nitrogens with one attached hydrogen (secondary N) is 1. The Balaban J connectivity index is 1.47. The molecule has 6 rings (SSSR count). The fourth-order valence-corrected chi connectivity index (χ4v) is 5.91. The fourth-order valence-electron chi connectivity index (χ4n) is 4.66. The van der Waals surface area contributed by atoms with Gasteiger partial charge >= 0.3 is 22.3 Å². The number of ether oxygens (including phenoxy) is 2. The smallest absolute Gasteiger partial charge is 0.412 e. The van der Waals surface area contributed by atoms with E-state index in [1.807, 2.05) is 30.3 Å². The summed E-state index contributed by atoms with van der Waals surface area (Å²) in [5.74, 6) is 0.598. The van der Waals surface area contributed by atoms with Crippen molar-refractivity contribution in [2.45, 2.75) is 18.8 Å². The molecule has 0 unspecified atom stereocenters. The molecule has 0 bridgehead atoms. The highest BCUT2D eigenvalue weighted by atomic mass is 32.2. The topological polar surface area (TPSA) is 141 Å². The van der Waals surface area contributed by atoms with Crippen LogP contribution in [0.25, 0.3) is 22.3 Å².